The van der Waals surface area contributed by atoms with Crippen LogP contribution in [0.1, 0.15) is 24.3 Å². The average Bonchev–Trinajstić information content (AvgIpc) is 2.83. The molecule has 0 bridgehead atoms. The average molecular weight is 339 g/mol. The van der Waals surface area contributed by atoms with Crippen molar-refractivity contribution in [1.82, 2.24) is 4.90 Å². The summed E-state index contributed by atoms with van der Waals surface area (Å²) in [5.41, 5.74) is 1.02. The molecule has 0 saturated heterocycles. The molecule has 0 aliphatic carbocycles. The summed E-state index contributed by atoms with van der Waals surface area (Å²) in [6.07, 6.45) is 0. The number of benzene rings is 1. The van der Waals surface area contributed by atoms with Crippen LogP contribution in [0.3, 0.4) is 0 Å². The lowest BCUT2D eigenvalue weighted by Crippen LogP contribution is -2.21. The zero-order chi connectivity index (χ0) is 14.7. The normalized spacial score (nSPS) is 12.6. The zero-order valence-electron chi connectivity index (χ0n) is 11.2. The first-order valence-electron chi connectivity index (χ1n) is 6.16. The van der Waals surface area contributed by atoms with Gasteiger partial charge in [-0.05, 0) is 47.6 Å². The van der Waals surface area contributed by atoms with Crippen LogP contribution in [-0.2, 0) is 6.54 Å². The van der Waals surface area contributed by atoms with Crippen LogP contribution >= 0.6 is 15.9 Å². The van der Waals surface area contributed by atoms with E-state index in [9.17, 15) is 10.1 Å². The fourth-order valence-corrected chi connectivity index (χ4v) is 2.31. The van der Waals surface area contributed by atoms with Crippen molar-refractivity contribution in [3.8, 4) is 0 Å². The quantitative estimate of drug-likeness (QED) is 0.607. The number of furan rings is 1. The molecule has 0 aliphatic heterocycles. The summed E-state index contributed by atoms with van der Waals surface area (Å²) in [5.74, 6) is 0.844. The van der Waals surface area contributed by atoms with Gasteiger partial charge in [0.2, 0.25) is 0 Å². The van der Waals surface area contributed by atoms with Crippen molar-refractivity contribution in [2.24, 2.45) is 0 Å². The third kappa shape index (κ3) is 3.46. The monoisotopic (exact) mass is 338 g/mol. The van der Waals surface area contributed by atoms with Crippen molar-refractivity contribution in [1.29, 1.82) is 0 Å². The van der Waals surface area contributed by atoms with Gasteiger partial charge in [-0.3, -0.25) is 15.0 Å². The van der Waals surface area contributed by atoms with Crippen molar-refractivity contribution in [2.45, 2.75) is 19.5 Å². The number of hydrogen-bond donors (Lipinski definition) is 0. The van der Waals surface area contributed by atoms with Crippen LogP contribution < -0.4 is 0 Å². The Morgan fingerprint density at radius 1 is 1.40 bits per heavy atom. The molecule has 1 aromatic carbocycles. The lowest BCUT2D eigenvalue weighted by molar-refractivity contribution is -0.384. The topological polar surface area (TPSA) is 59.5 Å². The first kappa shape index (κ1) is 14.7. The molecule has 5 nitrogen and oxygen atoms in total. The number of hydrogen-bond acceptors (Lipinski definition) is 4. The van der Waals surface area contributed by atoms with Gasteiger partial charge in [0.15, 0.2) is 4.67 Å². The molecule has 0 radical (unpaired) electrons. The summed E-state index contributed by atoms with van der Waals surface area (Å²) in [6, 6.07) is 10.5. The minimum absolute atomic E-state index is 0.0544. The van der Waals surface area contributed by atoms with Gasteiger partial charge in [-0.2, -0.15) is 0 Å². The Balaban J connectivity index is 2.11. The van der Waals surface area contributed by atoms with Crippen LogP contribution in [0.2, 0.25) is 0 Å². The molecule has 0 saturated carbocycles. The zero-order valence-corrected chi connectivity index (χ0v) is 12.8. The summed E-state index contributed by atoms with van der Waals surface area (Å²) in [5, 5.41) is 10.8. The van der Waals surface area contributed by atoms with E-state index < -0.39 is 0 Å². The summed E-state index contributed by atoms with van der Waals surface area (Å²) in [6.45, 7) is 2.65. The minimum Gasteiger partial charge on any atom is -0.453 e. The smallest absolute Gasteiger partial charge is 0.269 e. The highest BCUT2D eigenvalue weighted by Crippen LogP contribution is 2.25. The number of nitro benzene ring substituents is 1. The van der Waals surface area contributed by atoms with Gasteiger partial charge in [0, 0.05) is 18.2 Å². The van der Waals surface area contributed by atoms with Crippen molar-refractivity contribution in [2.75, 3.05) is 7.05 Å². The van der Waals surface area contributed by atoms with E-state index in [2.05, 4.69) is 20.8 Å². The first-order valence-corrected chi connectivity index (χ1v) is 6.95. The molecule has 106 valence electrons. The molecular formula is C14H15BrN2O3. The van der Waals surface area contributed by atoms with Crippen molar-refractivity contribution in [3.63, 3.8) is 0 Å². The van der Waals surface area contributed by atoms with Gasteiger partial charge >= 0.3 is 0 Å². The molecule has 1 unspecified atom stereocenters. The highest BCUT2D eigenvalue weighted by Gasteiger charge is 2.16. The molecule has 1 atom stereocenters. The molecule has 1 heterocycles. The van der Waals surface area contributed by atoms with Crippen LogP contribution in [0.25, 0.3) is 0 Å². The highest BCUT2D eigenvalue weighted by atomic mass is 79.9. The molecule has 20 heavy (non-hydrogen) atoms. The number of non-ortho nitro benzene ring substituents is 1. The standard InChI is InChI=1S/C14H15BrN2O3/c1-10(11-4-3-5-12(8-11)17(18)19)16(2)9-13-6-7-14(15)20-13/h3-8,10H,9H2,1-2H3. The maximum absolute atomic E-state index is 10.8. The minimum atomic E-state index is -0.375. The number of nitrogens with zero attached hydrogens (tertiary/aromatic N) is 2. The molecule has 1 aromatic heterocycles. The Morgan fingerprint density at radius 2 is 2.15 bits per heavy atom. The Kier molecular flexibility index (Phi) is 4.57. The van der Waals surface area contributed by atoms with Crippen LogP contribution in [0.4, 0.5) is 5.69 Å². The fourth-order valence-electron chi connectivity index (χ4n) is 1.97. The molecule has 0 fully saturated rings. The molecule has 0 amide bonds. The van der Waals surface area contributed by atoms with E-state index in [1.165, 1.54) is 6.07 Å². The maximum Gasteiger partial charge on any atom is 0.269 e. The predicted octanol–water partition coefficient (Wildman–Crippen LogP) is 4.14. The van der Waals surface area contributed by atoms with E-state index in [1.54, 1.807) is 12.1 Å². The van der Waals surface area contributed by atoms with Gasteiger partial charge < -0.3 is 4.42 Å². The third-order valence-corrected chi connectivity index (χ3v) is 3.68. The van der Waals surface area contributed by atoms with E-state index in [0.29, 0.717) is 11.2 Å². The molecule has 0 aliphatic rings. The van der Waals surface area contributed by atoms with E-state index in [-0.39, 0.29) is 16.7 Å². The largest absolute Gasteiger partial charge is 0.453 e. The van der Waals surface area contributed by atoms with Crippen molar-refractivity contribution >= 4 is 21.6 Å². The number of nitro groups is 1. The van der Waals surface area contributed by atoms with Crippen LogP contribution in [0.15, 0.2) is 45.5 Å². The third-order valence-electron chi connectivity index (χ3n) is 3.26. The van der Waals surface area contributed by atoms with Gasteiger partial charge in [0.05, 0.1) is 11.5 Å². The summed E-state index contributed by atoms with van der Waals surface area (Å²) >= 11 is 3.27. The highest BCUT2D eigenvalue weighted by molar-refractivity contribution is 9.10. The summed E-state index contributed by atoms with van der Waals surface area (Å²) in [7, 11) is 1.96. The van der Waals surface area contributed by atoms with Crippen LogP contribution in [0, 0.1) is 10.1 Å². The first-order chi connectivity index (χ1) is 9.47. The van der Waals surface area contributed by atoms with Crippen LogP contribution in [0.5, 0.6) is 0 Å². The van der Waals surface area contributed by atoms with Gasteiger partial charge in [-0.1, -0.05) is 12.1 Å². The second kappa shape index (κ2) is 6.19. The lowest BCUT2D eigenvalue weighted by atomic mass is 10.1. The second-order valence-electron chi connectivity index (χ2n) is 4.65. The lowest BCUT2D eigenvalue weighted by Gasteiger charge is -2.23. The van der Waals surface area contributed by atoms with E-state index in [4.69, 9.17) is 4.42 Å². The molecule has 2 aromatic rings. The number of rotatable bonds is 5. The molecule has 2 rings (SSSR count). The maximum atomic E-state index is 10.8. The van der Waals surface area contributed by atoms with Crippen molar-refractivity contribution < 1.29 is 9.34 Å². The summed E-state index contributed by atoms with van der Waals surface area (Å²) < 4.78 is 6.17. The Morgan fingerprint density at radius 3 is 2.75 bits per heavy atom. The Hall–Kier alpha value is -1.66. The fraction of sp³-hybridized carbons (Fsp3) is 0.286. The Bertz CT molecular complexity index is 612. The molecule has 6 heteroatoms. The van der Waals surface area contributed by atoms with Gasteiger partial charge in [-0.15, -0.1) is 0 Å². The number of halogens is 1. The SMILES string of the molecule is CC(c1cccc([N+](=O)[O-])c1)N(C)Cc1ccc(Br)o1. The van der Waals surface area contributed by atoms with Gasteiger partial charge in [-0.25, -0.2) is 0 Å². The summed E-state index contributed by atoms with van der Waals surface area (Å²) in [4.78, 5) is 12.5. The van der Waals surface area contributed by atoms with E-state index >= 15 is 0 Å². The van der Waals surface area contributed by atoms with Gasteiger partial charge in [0.25, 0.3) is 5.69 Å². The predicted molar refractivity (Wildman–Crippen MR) is 79.4 cm³/mol. The van der Waals surface area contributed by atoms with E-state index in [1.807, 2.05) is 32.2 Å². The molecular weight excluding hydrogens is 324 g/mol. The van der Waals surface area contributed by atoms with Crippen molar-refractivity contribution in [3.05, 3.63) is 62.5 Å². The molecule has 0 spiro atoms. The Labute approximate surface area is 125 Å². The van der Waals surface area contributed by atoms with E-state index in [0.717, 1.165) is 11.3 Å². The van der Waals surface area contributed by atoms with Crippen LogP contribution in [-0.4, -0.2) is 16.9 Å². The second-order valence-corrected chi connectivity index (χ2v) is 5.43. The molecule has 0 N–H and O–H groups in total. The van der Waals surface area contributed by atoms with Gasteiger partial charge in [0.1, 0.15) is 5.76 Å².